The maximum atomic E-state index is 11.5. The molecule has 102 valence electrons. The van der Waals surface area contributed by atoms with Gasteiger partial charge in [0, 0.05) is 6.20 Å². The third kappa shape index (κ3) is 1.83. The van der Waals surface area contributed by atoms with Crippen LogP contribution < -0.4 is 5.56 Å². The Balaban J connectivity index is 2.01. The van der Waals surface area contributed by atoms with Crippen LogP contribution in [0.2, 0.25) is 0 Å². The Morgan fingerprint density at radius 3 is 2.84 bits per heavy atom. The third-order valence-corrected chi connectivity index (χ3v) is 3.12. The van der Waals surface area contributed by atoms with Crippen LogP contribution in [0.5, 0.6) is 0 Å². The minimum Gasteiger partial charge on any atom is -0.394 e. The zero-order chi connectivity index (χ0) is 13.6. The van der Waals surface area contributed by atoms with Gasteiger partial charge in [0.15, 0.2) is 11.9 Å². The quantitative estimate of drug-likeness (QED) is 0.482. The number of rotatable bonds is 2. The van der Waals surface area contributed by atoms with E-state index in [4.69, 9.17) is 9.84 Å². The molecule has 1 aliphatic rings. The first-order valence-corrected chi connectivity index (χ1v) is 5.67. The molecule has 0 aliphatic carbocycles. The fourth-order valence-electron chi connectivity index (χ4n) is 2.10. The molecule has 9 heteroatoms. The van der Waals surface area contributed by atoms with Crippen LogP contribution in [0.1, 0.15) is 6.23 Å². The van der Waals surface area contributed by atoms with Gasteiger partial charge < -0.3 is 25.0 Å². The Morgan fingerprint density at radius 1 is 1.42 bits per heavy atom. The Morgan fingerprint density at radius 2 is 2.21 bits per heavy atom. The van der Waals surface area contributed by atoms with Crippen molar-refractivity contribution < 1.29 is 20.1 Å². The van der Waals surface area contributed by atoms with Gasteiger partial charge in [0.05, 0.1) is 12.9 Å². The highest BCUT2D eigenvalue weighted by molar-refractivity contribution is 5.72. The van der Waals surface area contributed by atoms with Crippen LogP contribution in [0.25, 0.3) is 11.0 Å². The molecule has 0 bridgehead atoms. The average Bonchev–Trinajstić information content (AvgIpc) is 2.94. The summed E-state index contributed by atoms with van der Waals surface area (Å²) >= 11 is 0. The van der Waals surface area contributed by atoms with Crippen LogP contribution in [-0.4, -0.2) is 60.0 Å². The maximum absolute atomic E-state index is 11.5. The number of H-pyrrole nitrogens is 1. The van der Waals surface area contributed by atoms with Crippen LogP contribution >= 0.6 is 0 Å². The molecule has 4 N–H and O–H groups in total. The molecule has 3 heterocycles. The molecule has 1 saturated heterocycles. The SMILES string of the molecule is O=c1[nH]cnc2nn([C@@H]3O[C@@H](CO)[C@@H](O)[C@@H]3O)cc12. The second-order valence-electron chi connectivity index (χ2n) is 4.31. The molecule has 2 aromatic rings. The van der Waals surface area contributed by atoms with Gasteiger partial charge in [-0.3, -0.25) is 4.79 Å². The molecule has 1 fully saturated rings. The predicted molar refractivity (Wildman–Crippen MR) is 61.2 cm³/mol. The zero-order valence-corrected chi connectivity index (χ0v) is 9.67. The van der Waals surface area contributed by atoms with E-state index in [1.54, 1.807) is 0 Å². The normalized spacial score (nSPS) is 31.1. The van der Waals surface area contributed by atoms with E-state index in [0.717, 1.165) is 0 Å². The van der Waals surface area contributed by atoms with Crippen LogP contribution in [0.4, 0.5) is 0 Å². The first kappa shape index (κ1) is 12.2. The number of aromatic nitrogens is 4. The van der Waals surface area contributed by atoms with Gasteiger partial charge in [0.25, 0.3) is 5.56 Å². The van der Waals surface area contributed by atoms with Crippen molar-refractivity contribution in [2.75, 3.05) is 6.61 Å². The second-order valence-corrected chi connectivity index (χ2v) is 4.31. The Bertz CT molecular complexity index is 653. The van der Waals surface area contributed by atoms with E-state index in [-0.39, 0.29) is 16.6 Å². The number of ether oxygens (including phenoxy) is 1. The average molecular weight is 268 g/mol. The minimum atomic E-state index is -1.24. The van der Waals surface area contributed by atoms with Crippen molar-refractivity contribution in [3.8, 4) is 0 Å². The smallest absolute Gasteiger partial charge is 0.261 e. The number of hydrogen-bond acceptors (Lipinski definition) is 7. The maximum Gasteiger partial charge on any atom is 0.261 e. The number of aliphatic hydroxyl groups is 3. The predicted octanol–water partition coefficient (Wildman–Crippen LogP) is -2.27. The third-order valence-electron chi connectivity index (χ3n) is 3.12. The summed E-state index contributed by atoms with van der Waals surface area (Å²) < 4.78 is 6.52. The van der Waals surface area contributed by atoms with Gasteiger partial charge in [-0.05, 0) is 0 Å². The molecule has 0 aromatic carbocycles. The van der Waals surface area contributed by atoms with E-state index in [9.17, 15) is 15.0 Å². The molecule has 4 atom stereocenters. The molecule has 9 nitrogen and oxygen atoms in total. The number of nitrogens with one attached hydrogen (secondary N) is 1. The lowest BCUT2D eigenvalue weighted by Gasteiger charge is -2.14. The van der Waals surface area contributed by atoms with Crippen LogP contribution in [0, 0.1) is 0 Å². The number of aliphatic hydroxyl groups excluding tert-OH is 3. The molecule has 19 heavy (non-hydrogen) atoms. The van der Waals surface area contributed by atoms with E-state index >= 15 is 0 Å². The summed E-state index contributed by atoms with van der Waals surface area (Å²) in [5, 5.41) is 32.8. The van der Waals surface area contributed by atoms with Crippen molar-refractivity contribution in [1.29, 1.82) is 0 Å². The fraction of sp³-hybridized carbons (Fsp3) is 0.500. The molecule has 0 saturated carbocycles. The van der Waals surface area contributed by atoms with Gasteiger partial charge in [0.2, 0.25) is 0 Å². The standard InChI is InChI=1S/C10H12N4O5/c15-2-5-6(16)7(17)10(19-5)14-1-4-8(13-14)11-3-12-9(4)18/h1,3,5-7,10,15-17H,2H2,(H,11,12,13,18)/t5-,6+,7-,10+/m0/s1. The zero-order valence-electron chi connectivity index (χ0n) is 9.67. The monoisotopic (exact) mass is 268 g/mol. The molecular weight excluding hydrogens is 256 g/mol. The summed E-state index contributed by atoms with van der Waals surface area (Å²) in [7, 11) is 0. The topological polar surface area (TPSA) is 133 Å². The van der Waals surface area contributed by atoms with Crippen LogP contribution in [0.15, 0.2) is 17.3 Å². The summed E-state index contributed by atoms with van der Waals surface area (Å²) in [6.07, 6.45) is -1.72. The molecule has 0 radical (unpaired) electrons. The largest absolute Gasteiger partial charge is 0.394 e. The van der Waals surface area contributed by atoms with E-state index in [1.165, 1.54) is 17.2 Å². The number of fused-ring (bicyclic) bond motifs is 1. The van der Waals surface area contributed by atoms with E-state index in [2.05, 4.69) is 15.1 Å². The van der Waals surface area contributed by atoms with Gasteiger partial charge in [-0.15, -0.1) is 5.10 Å². The van der Waals surface area contributed by atoms with Crippen LogP contribution in [0.3, 0.4) is 0 Å². The molecule has 0 unspecified atom stereocenters. The van der Waals surface area contributed by atoms with Crippen molar-refractivity contribution in [1.82, 2.24) is 19.7 Å². The van der Waals surface area contributed by atoms with Gasteiger partial charge >= 0.3 is 0 Å². The van der Waals surface area contributed by atoms with Crippen molar-refractivity contribution in [2.24, 2.45) is 0 Å². The lowest BCUT2D eigenvalue weighted by molar-refractivity contribution is -0.0583. The highest BCUT2D eigenvalue weighted by Crippen LogP contribution is 2.29. The summed E-state index contributed by atoms with van der Waals surface area (Å²) in [5.41, 5.74) is -0.149. The Kier molecular flexibility index (Phi) is 2.82. The number of hydrogen-bond donors (Lipinski definition) is 4. The van der Waals surface area contributed by atoms with E-state index < -0.39 is 31.1 Å². The first-order chi connectivity index (χ1) is 9.11. The molecular formula is C10H12N4O5. The lowest BCUT2D eigenvalue weighted by atomic mass is 10.1. The summed E-state index contributed by atoms with van der Waals surface area (Å²) in [6.45, 7) is -0.422. The van der Waals surface area contributed by atoms with Gasteiger partial charge in [-0.1, -0.05) is 0 Å². The Labute approximate surface area is 106 Å². The number of nitrogens with zero attached hydrogens (tertiary/aromatic N) is 3. The van der Waals surface area contributed by atoms with Crippen molar-refractivity contribution in [3.63, 3.8) is 0 Å². The summed E-state index contributed by atoms with van der Waals surface area (Å²) in [4.78, 5) is 17.8. The van der Waals surface area contributed by atoms with Crippen LogP contribution in [-0.2, 0) is 4.74 Å². The molecule has 1 aliphatic heterocycles. The van der Waals surface area contributed by atoms with Crippen molar-refractivity contribution in [2.45, 2.75) is 24.5 Å². The van der Waals surface area contributed by atoms with E-state index in [1.807, 2.05) is 0 Å². The summed E-state index contributed by atoms with van der Waals surface area (Å²) in [5.74, 6) is 0. The molecule has 3 rings (SSSR count). The first-order valence-electron chi connectivity index (χ1n) is 5.67. The lowest BCUT2D eigenvalue weighted by Crippen LogP contribution is -2.33. The second kappa shape index (κ2) is 4.38. The van der Waals surface area contributed by atoms with Gasteiger partial charge in [-0.2, -0.15) is 0 Å². The highest BCUT2D eigenvalue weighted by Gasteiger charge is 2.43. The molecule has 2 aromatic heterocycles. The van der Waals surface area contributed by atoms with E-state index in [0.29, 0.717) is 0 Å². The van der Waals surface area contributed by atoms with Gasteiger partial charge in [0.1, 0.15) is 23.7 Å². The summed E-state index contributed by atoms with van der Waals surface area (Å²) in [6, 6.07) is 0. The van der Waals surface area contributed by atoms with Crippen molar-refractivity contribution in [3.05, 3.63) is 22.9 Å². The molecule has 0 amide bonds. The highest BCUT2D eigenvalue weighted by atomic mass is 16.6. The van der Waals surface area contributed by atoms with Crippen molar-refractivity contribution >= 4 is 11.0 Å². The minimum absolute atomic E-state index is 0.210. The number of aromatic amines is 1. The van der Waals surface area contributed by atoms with Gasteiger partial charge in [-0.25, -0.2) is 9.67 Å². The Hall–Kier alpha value is -1.81. The molecule has 0 spiro atoms. The fourth-order valence-corrected chi connectivity index (χ4v) is 2.10.